The minimum absolute atomic E-state index is 0.00279. The SMILES string of the molecule is CCOP(=O)(Cc1cccc(C(F)P(=O)(OCC)OCC)c1)OCC. The molecule has 0 aromatic heterocycles. The van der Waals surface area contributed by atoms with Crippen LogP contribution in [0.5, 0.6) is 0 Å². The van der Waals surface area contributed by atoms with Crippen LogP contribution in [0.1, 0.15) is 44.7 Å². The largest absolute Gasteiger partial charge is 0.369 e. The maximum atomic E-state index is 14.8. The van der Waals surface area contributed by atoms with Crippen molar-refractivity contribution in [3.63, 3.8) is 0 Å². The van der Waals surface area contributed by atoms with Crippen molar-refractivity contribution in [3.05, 3.63) is 35.4 Å². The Balaban J connectivity index is 3.07. The van der Waals surface area contributed by atoms with E-state index in [9.17, 15) is 13.5 Å². The van der Waals surface area contributed by atoms with Gasteiger partial charge >= 0.3 is 15.2 Å². The number of hydrogen-bond acceptors (Lipinski definition) is 6. The highest BCUT2D eigenvalue weighted by Gasteiger charge is 2.37. The van der Waals surface area contributed by atoms with Crippen LogP contribution in [0.2, 0.25) is 0 Å². The average molecular weight is 396 g/mol. The third-order valence-electron chi connectivity index (χ3n) is 3.15. The van der Waals surface area contributed by atoms with E-state index in [4.69, 9.17) is 18.1 Å². The molecule has 0 radical (unpaired) electrons. The Kier molecular flexibility index (Phi) is 9.50. The van der Waals surface area contributed by atoms with E-state index >= 15 is 0 Å². The van der Waals surface area contributed by atoms with E-state index in [1.165, 1.54) is 12.1 Å². The van der Waals surface area contributed by atoms with Crippen molar-refractivity contribution in [2.45, 2.75) is 39.8 Å². The molecular weight excluding hydrogens is 369 g/mol. The molecule has 0 saturated carbocycles. The molecule has 0 heterocycles. The fourth-order valence-electron chi connectivity index (χ4n) is 2.30. The maximum absolute atomic E-state index is 14.8. The van der Waals surface area contributed by atoms with Gasteiger partial charge in [0.25, 0.3) is 0 Å². The van der Waals surface area contributed by atoms with Crippen molar-refractivity contribution < 1.29 is 31.6 Å². The molecule has 25 heavy (non-hydrogen) atoms. The molecule has 0 N–H and O–H groups in total. The van der Waals surface area contributed by atoms with Crippen LogP contribution in [-0.4, -0.2) is 26.4 Å². The van der Waals surface area contributed by atoms with Gasteiger partial charge in [-0.3, -0.25) is 9.13 Å². The Morgan fingerprint density at radius 1 is 0.920 bits per heavy atom. The van der Waals surface area contributed by atoms with Crippen molar-refractivity contribution in [1.29, 1.82) is 0 Å². The summed E-state index contributed by atoms with van der Waals surface area (Å²) in [4.78, 5) is 0. The molecule has 144 valence electrons. The molecule has 1 atom stereocenters. The van der Waals surface area contributed by atoms with E-state index in [1.807, 2.05) is 0 Å². The van der Waals surface area contributed by atoms with Crippen LogP contribution < -0.4 is 0 Å². The molecule has 0 fully saturated rings. The maximum Gasteiger partial charge on any atom is 0.369 e. The summed E-state index contributed by atoms with van der Waals surface area (Å²) in [5.41, 5.74) is 0.701. The summed E-state index contributed by atoms with van der Waals surface area (Å²) in [5, 5.41) is 0. The van der Waals surface area contributed by atoms with Crippen LogP contribution in [0, 0.1) is 0 Å². The van der Waals surface area contributed by atoms with Gasteiger partial charge in [-0.25, -0.2) is 4.39 Å². The Hall–Kier alpha value is -0.550. The molecule has 1 aromatic carbocycles. The van der Waals surface area contributed by atoms with Crippen molar-refractivity contribution in [1.82, 2.24) is 0 Å². The standard InChI is InChI=1S/C16H27FO6P2/c1-5-20-24(18,21-6-2)13-14-10-9-11-15(12-14)16(17)25(19,22-7-3)23-8-4/h9-12,16H,5-8,13H2,1-4H3. The predicted octanol–water partition coefficient (Wildman–Crippen LogP) is 5.69. The van der Waals surface area contributed by atoms with Gasteiger partial charge in [-0.2, -0.15) is 0 Å². The first-order chi connectivity index (χ1) is 11.8. The van der Waals surface area contributed by atoms with Gasteiger partial charge in [0.05, 0.1) is 32.6 Å². The van der Waals surface area contributed by atoms with Crippen LogP contribution >= 0.6 is 15.2 Å². The zero-order valence-corrected chi connectivity index (χ0v) is 16.9. The van der Waals surface area contributed by atoms with E-state index in [-0.39, 0.29) is 38.2 Å². The summed E-state index contributed by atoms with van der Waals surface area (Å²) < 4.78 is 60.7. The van der Waals surface area contributed by atoms with Crippen molar-refractivity contribution >= 4 is 15.2 Å². The van der Waals surface area contributed by atoms with Crippen LogP contribution in [0.3, 0.4) is 0 Å². The van der Waals surface area contributed by atoms with Gasteiger partial charge in [0.2, 0.25) is 5.91 Å². The molecule has 1 rings (SSSR count). The monoisotopic (exact) mass is 396 g/mol. The summed E-state index contributed by atoms with van der Waals surface area (Å²) in [5.74, 6) is -1.93. The predicted molar refractivity (Wildman–Crippen MR) is 95.7 cm³/mol. The lowest BCUT2D eigenvalue weighted by atomic mass is 10.1. The molecule has 0 spiro atoms. The van der Waals surface area contributed by atoms with E-state index in [0.29, 0.717) is 5.56 Å². The molecular formula is C16H27FO6P2. The Labute approximate surface area is 149 Å². The van der Waals surface area contributed by atoms with E-state index in [0.717, 1.165) is 0 Å². The summed E-state index contributed by atoms with van der Waals surface area (Å²) in [6.07, 6.45) is 0.00279. The first-order valence-electron chi connectivity index (χ1n) is 8.33. The van der Waals surface area contributed by atoms with Gasteiger partial charge in [0.15, 0.2) is 0 Å². The lowest BCUT2D eigenvalue weighted by Crippen LogP contribution is -2.04. The lowest BCUT2D eigenvalue weighted by Gasteiger charge is -2.21. The number of benzene rings is 1. The lowest BCUT2D eigenvalue weighted by molar-refractivity contribution is 0.190. The number of halogens is 1. The zero-order chi connectivity index (χ0) is 18.9. The van der Waals surface area contributed by atoms with Crippen LogP contribution in [-0.2, 0) is 33.4 Å². The molecule has 1 aromatic rings. The number of rotatable bonds is 12. The van der Waals surface area contributed by atoms with E-state index in [1.54, 1.807) is 39.8 Å². The van der Waals surface area contributed by atoms with Gasteiger partial charge in [-0.1, -0.05) is 24.3 Å². The van der Waals surface area contributed by atoms with Crippen molar-refractivity contribution in [2.75, 3.05) is 26.4 Å². The van der Waals surface area contributed by atoms with Gasteiger partial charge in [0, 0.05) is 0 Å². The summed E-state index contributed by atoms with van der Waals surface area (Å²) >= 11 is 0. The highest BCUT2D eigenvalue weighted by atomic mass is 31.2. The van der Waals surface area contributed by atoms with Crippen LogP contribution in [0.25, 0.3) is 0 Å². The van der Waals surface area contributed by atoms with E-state index < -0.39 is 21.1 Å². The average Bonchev–Trinajstić information content (AvgIpc) is 2.55. The second-order valence-electron chi connectivity index (χ2n) is 5.06. The van der Waals surface area contributed by atoms with E-state index in [2.05, 4.69) is 0 Å². The third kappa shape index (κ3) is 6.59. The number of alkyl halides is 1. The van der Waals surface area contributed by atoms with Gasteiger partial charge in [0.1, 0.15) is 0 Å². The minimum atomic E-state index is -3.93. The fourth-order valence-corrected chi connectivity index (χ4v) is 5.57. The second-order valence-corrected chi connectivity index (χ2v) is 9.16. The van der Waals surface area contributed by atoms with Crippen LogP contribution in [0.4, 0.5) is 4.39 Å². The molecule has 0 aliphatic carbocycles. The molecule has 1 unspecified atom stereocenters. The minimum Gasteiger partial charge on any atom is -0.309 e. The summed E-state index contributed by atoms with van der Waals surface area (Å²) in [7, 11) is -7.24. The van der Waals surface area contributed by atoms with Gasteiger partial charge in [-0.05, 0) is 38.8 Å². The van der Waals surface area contributed by atoms with Crippen LogP contribution in [0.15, 0.2) is 24.3 Å². The van der Waals surface area contributed by atoms with Gasteiger partial charge in [-0.15, -0.1) is 0 Å². The molecule has 9 heteroatoms. The molecule has 0 aliphatic rings. The molecule has 0 amide bonds. The molecule has 0 aliphatic heterocycles. The summed E-state index contributed by atoms with van der Waals surface area (Å²) in [6.45, 7) is 7.31. The second kappa shape index (κ2) is 10.6. The fraction of sp³-hybridized carbons (Fsp3) is 0.625. The molecule has 6 nitrogen and oxygen atoms in total. The molecule has 0 saturated heterocycles. The highest BCUT2D eigenvalue weighted by molar-refractivity contribution is 7.54. The quantitative estimate of drug-likeness (QED) is 0.423. The Bertz CT molecular complexity index is 604. The highest BCUT2D eigenvalue weighted by Crippen LogP contribution is 2.62. The molecule has 0 bridgehead atoms. The Morgan fingerprint density at radius 3 is 1.92 bits per heavy atom. The zero-order valence-electron chi connectivity index (χ0n) is 15.1. The first kappa shape index (κ1) is 22.5. The normalized spacial score (nSPS) is 13.8. The smallest absolute Gasteiger partial charge is 0.309 e. The summed E-state index contributed by atoms with van der Waals surface area (Å²) in [6, 6.07) is 6.26. The first-order valence-corrected chi connectivity index (χ1v) is 11.7. The topological polar surface area (TPSA) is 71.1 Å². The third-order valence-corrected chi connectivity index (χ3v) is 7.29. The van der Waals surface area contributed by atoms with Crippen molar-refractivity contribution in [2.24, 2.45) is 0 Å². The Morgan fingerprint density at radius 2 is 1.44 bits per heavy atom. The van der Waals surface area contributed by atoms with Crippen molar-refractivity contribution in [3.8, 4) is 0 Å². The van der Waals surface area contributed by atoms with Gasteiger partial charge < -0.3 is 18.1 Å². The number of hydrogen-bond donors (Lipinski definition) is 0.